The summed E-state index contributed by atoms with van der Waals surface area (Å²) in [6.45, 7) is 0. The molecule has 2 aromatic carbocycles. The number of halogens is 1. The van der Waals surface area contributed by atoms with Crippen LogP contribution in [0.15, 0.2) is 47.3 Å². The highest BCUT2D eigenvalue weighted by Gasteiger charge is 2.11. The minimum atomic E-state index is -0.0382. The second-order valence-electron chi connectivity index (χ2n) is 4.76. The third kappa shape index (κ3) is 1.75. The Morgan fingerprint density at radius 3 is 2.67 bits per heavy atom. The Hall–Kier alpha value is -2.35. The van der Waals surface area contributed by atoms with E-state index in [9.17, 15) is 4.79 Å². The third-order valence-corrected chi connectivity index (χ3v) is 4.87. The zero-order chi connectivity index (χ0) is 14.6. The standard InChI is InChI=1S/C16H7ClN2OS/c17-10-2-3-11-13(6-10)19-14(7-15(11)20)12-5-9(8-18)1-4-16(12)21-19/h1-7H. The lowest BCUT2D eigenvalue weighted by molar-refractivity contribution is 1.41. The minimum Gasteiger partial charge on any atom is -0.289 e. The molecule has 100 valence electrons. The van der Waals surface area contributed by atoms with Crippen LogP contribution in [0.25, 0.3) is 26.5 Å². The molecule has 5 heteroatoms. The fourth-order valence-electron chi connectivity index (χ4n) is 2.53. The van der Waals surface area contributed by atoms with Gasteiger partial charge in [-0.15, -0.1) is 0 Å². The quantitative estimate of drug-likeness (QED) is 0.489. The van der Waals surface area contributed by atoms with E-state index >= 15 is 0 Å². The first kappa shape index (κ1) is 12.4. The largest absolute Gasteiger partial charge is 0.289 e. The van der Waals surface area contributed by atoms with E-state index in [-0.39, 0.29) is 5.43 Å². The van der Waals surface area contributed by atoms with Crippen LogP contribution < -0.4 is 5.43 Å². The van der Waals surface area contributed by atoms with Crippen LogP contribution in [-0.2, 0) is 0 Å². The topological polar surface area (TPSA) is 45.3 Å². The summed E-state index contributed by atoms with van der Waals surface area (Å²) in [5, 5.41) is 11.2. The Labute approximate surface area is 128 Å². The van der Waals surface area contributed by atoms with Gasteiger partial charge in [0, 0.05) is 21.9 Å². The number of nitrogens with zero attached hydrogens (tertiary/aromatic N) is 2. The van der Waals surface area contributed by atoms with E-state index in [0.29, 0.717) is 16.0 Å². The molecular formula is C16H7ClN2OS. The first-order chi connectivity index (χ1) is 10.2. The van der Waals surface area contributed by atoms with Crippen molar-refractivity contribution >= 4 is 49.6 Å². The molecule has 4 rings (SSSR count). The van der Waals surface area contributed by atoms with Gasteiger partial charge in [0.05, 0.1) is 27.4 Å². The molecule has 0 saturated carbocycles. The van der Waals surface area contributed by atoms with Crippen molar-refractivity contribution in [3.05, 3.63) is 63.3 Å². The van der Waals surface area contributed by atoms with Gasteiger partial charge in [0.2, 0.25) is 0 Å². The smallest absolute Gasteiger partial charge is 0.190 e. The summed E-state index contributed by atoms with van der Waals surface area (Å²) in [6.07, 6.45) is 0. The van der Waals surface area contributed by atoms with Crippen molar-refractivity contribution in [2.75, 3.05) is 0 Å². The van der Waals surface area contributed by atoms with Crippen molar-refractivity contribution < 1.29 is 0 Å². The molecule has 0 N–H and O–H groups in total. The lowest BCUT2D eigenvalue weighted by Crippen LogP contribution is -2.02. The zero-order valence-electron chi connectivity index (χ0n) is 10.6. The molecule has 0 fully saturated rings. The predicted octanol–water partition coefficient (Wildman–Crippen LogP) is 4.19. The first-order valence-electron chi connectivity index (χ1n) is 6.25. The molecular weight excluding hydrogens is 304 g/mol. The van der Waals surface area contributed by atoms with E-state index < -0.39 is 0 Å². The van der Waals surface area contributed by atoms with E-state index in [1.54, 1.807) is 30.3 Å². The van der Waals surface area contributed by atoms with Gasteiger partial charge in [-0.05, 0) is 36.4 Å². The maximum Gasteiger partial charge on any atom is 0.190 e. The lowest BCUT2D eigenvalue weighted by atomic mass is 10.1. The van der Waals surface area contributed by atoms with E-state index in [1.807, 2.05) is 15.9 Å². The van der Waals surface area contributed by atoms with Crippen molar-refractivity contribution in [3.8, 4) is 6.07 Å². The van der Waals surface area contributed by atoms with E-state index in [4.69, 9.17) is 16.9 Å². The molecule has 4 aromatic rings. The molecule has 21 heavy (non-hydrogen) atoms. The first-order valence-corrected chi connectivity index (χ1v) is 7.41. The van der Waals surface area contributed by atoms with Crippen LogP contribution in [0.3, 0.4) is 0 Å². The van der Waals surface area contributed by atoms with Crippen LogP contribution >= 0.6 is 23.1 Å². The Morgan fingerprint density at radius 2 is 1.86 bits per heavy atom. The number of hydrogen-bond donors (Lipinski definition) is 0. The number of rotatable bonds is 0. The molecule has 3 nitrogen and oxygen atoms in total. The van der Waals surface area contributed by atoms with Crippen LogP contribution in [0.2, 0.25) is 5.02 Å². The number of pyridine rings is 1. The van der Waals surface area contributed by atoms with Crippen LogP contribution in [0.4, 0.5) is 0 Å². The molecule has 2 heterocycles. The predicted molar refractivity (Wildman–Crippen MR) is 86.3 cm³/mol. The molecule has 0 radical (unpaired) electrons. The fraction of sp³-hybridized carbons (Fsp3) is 0. The summed E-state index contributed by atoms with van der Waals surface area (Å²) >= 11 is 7.60. The summed E-state index contributed by atoms with van der Waals surface area (Å²) in [6, 6.07) is 14.5. The van der Waals surface area contributed by atoms with Crippen molar-refractivity contribution in [2.24, 2.45) is 0 Å². The summed E-state index contributed by atoms with van der Waals surface area (Å²) in [5.74, 6) is 0. The number of benzene rings is 2. The molecule has 0 unspecified atom stereocenters. The number of hydrogen-bond acceptors (Lipinski definition) is 3. The molecule has 0 aliphatic rings. The van der Waals surface area contributed by atoms with Crippen molar-refractivity contribution in [2.45, 2.75) is 0 Å². The van der Waals surface area contributed by atoms with E-state index in [0.717, 1.165) is 21.1 Å². The van der Waals surface area contributed by atoms with Gasteiger partial charge >= 0.3 is 0 Å². The summed E-state index contributed by atoms with van der Waals surface area (Å²) in [7, 11) is 0. The maximum atomic E-state index is 12.3. The Kier molecular flexibility index (Phi) is 2.55. The van der Waals surface area contributed by atoms with Gasteiger partial charge < -0.3 is 0 Å². The van der Waals surface area contributed by atoms with Gasteiger partial charge in [0.25, 0.3) is 0 Å². The fourth-order valence-corrected chi connectivity index (χ4v) is 3.79. The van der Waals surface area contributed by atoms with Crippen molar-refractivity contribution in [1.29, 1.82) is 5.26 Å². The second kappa shape index (κ2) is 4.32. The van der Waals surface area contributed by atoms with Gasteiger partial charge in [-0.1, -0.05) is 23.1 Å². The van der Waals surface area contributed by atoms with Gasteiger partial charge in [-0.2, -0.15) is 5.26 Å². The highest BCUT2D eigenvalue weighted by Crippen LogP contribution is 2.30. The lowest BCUT2D eigenvalue weighted by Gasteiger charge is -2.01. The van der Waals surface area contributed by atoms with Crippen LogP contribution in [-0.4, -0.2) is 3.79 Å². The zero-order valence-corrected chi connectivity index (χ0v) is 12.2. The summed E-state index contributed by atoms with van der Waals surface area (Å²) < 4.78 is 3.02. The number of aromatic nitrogens is 1. The van der Waals surface area contributed by atoms with Gasteiger partial charge in [-0.3, -0.25) is 8.58 Å². The number of nitriles is 1. The van der Waals surface area contributed by atoms with Gasteiger partial charge in [0.1, 0.15) is 0 Å². The van der Waals surface area contributed by atoms with E-state index in [1.165, 1.54) is 11.5 Å². The molecule has 0 aliphatic carbocycles. The molecule has 0 bridgehead atoms. The highest BCUT2D eigenvalue weighted by atomic mass is 35.5. The van der Waals surface area contributed by atoms with Crippen molar-refractivity contribution in [1.82, 2.24) is 3.79 Å². The van der Waals surface area contributed by atoms with Crippen LogP contribution in [0, 0.1) is 11.3 Å². The SMILES string of the molecule is N#Cc1ccc2sn3c4cc(Cl)ccc4c(=O)cc3c2c1. The van der Waals surface area contributed by atoms with Crippen molar-refractivity contribution in [3.63, 3.8) is 0 Å². The molecule has 0 amide bonds. The summed E-state index contributed by atoms with van der Waals surface area (Å²) in [5.41, 5.74) is 2.15. The average molecular weight is 311 g/mol. The van der Waals surface area contributed by atoms with E-state index in [2.05, 4.69) is 6.07 Å². The molecule has 2 aromatic heterocycles. The molecule has 0 atom stereocenters. The Balaban J connectivity index is 2.30. The average Bonchev–Trinajstić information content (AvgIpc) is 2.85. The molecule has 0 aliphatic heterocycles. The maximum absolute atomic E-state index is 12.3. The molecule has 0 spiro atoms. The highest BCUT2D eigenvalue weighted by molar-refractivity contribution is 7.14. The second-order valence-corrected chi connectivity index (χ2v) is 6.19. The Morgan fingerprint density at radius 1 is 1.05 bits per heavy atom. The van der Waals surface area contributed by atoms with Crippen LogP contribution in [0.5, 0.6) is 0 Å². The Bertz CT molecular complexity index is 1130. The third-order valence-electron chi connectivity index (χ3n) is 3.50. The summed E-state index contributed by atoms with van der Waals surface area (Å²) in [4.78, 5) is 12.3. The van der Waals surface area contributed by atoms with Gasteiger partial charge in [0.15, 0.2) is 5.43 Å². The molecule has 0 saturated heterocycles. The van der Waals surface area contributed by atoms with Gasteiger partial charge in [-0.25, -0.2) is 0 Å². The number of fused-ring (bicyclic) bond motifs is 5. The normalized spacial score (nSPS) is 11.2. The van der Waals surface area contributed by atoms with Crippen LogP contribution in [0.1, 0.15) is 5.56 Å². The minimum absolute atomic E-state index is 0.0382. The monoisotopic (exact) mass is 310 g/mol.